The molecule has 1 saturated heterocycles. The summed E-state index contributed by atoms with van der Waals surface area (Å²) in [5.74, 6) is 2.28. The molecule has 0 bridgehead atoms. The third-order valence-electron chi connectivity index (χ3n) is 5.35. The van der Waals surface area contributed by atoms with Gasteiger partial charge in [-0.3, -0.25) is 0 Å². The molecular weight excluding hydrogens is 418 g/mol. The van der Waals surface area contributed by atoms with Crippen molar-refractivity contribution in [2.24, 2.45) is 0 Å². The van der Waals surface area contributed by atoms with Crippen LogP contribution in [-0.2, 0) is 10.0 Å². The van der Waals surface area contributed by atoms with Gasteiger partial charge < -0.3 is 14.0 Å². The third-order valence-corrected chi connectivity index (χ3v) is 7.26. The summed E-state index contributed by atoms with van der Waals surface area (Å²) in [6, 6.07) is 14.0. The fraction of sp³-hybridized carbons (Fsp3) is 0.364. The lowest BCUT2D eigenvalue weighted by molar-refractivity contribution is 0.271. The number of rotatable bonds is 7. The Morgan fingerprint density at radius 3 is 2.52 bits per heavy atom. The molecule has 1 fully saturated rings. The topological polar surface area (TPSA) is 94.8 Å². The van der Waals surface area contributed by atoms with Crippen molar-refractivity contribution >= 4 is 10.0 Å². The predicted octanol–water partition coefficient (Wildman–Crippen LogP) is 3.71. The molecule has 1 aliphatic heterocycles. The van der Waals surface area contributed by atoms with E-state index in [1.54, 1.807) is 37.4 Å². The normalized spacial score (nSPS) is 15.7. The molecule has 4 rings (SSSR count). The molecule has 3 aromatic rings. The highest BCUT2D eigenvalue weighted by Gasteiger charge is 2.32. The summed E-state index contributed by atoms with van der Waals surface area (Å²) in [4.78, 5) is 4.88. The predicted molar refractivity (Wildman–Crippen MR) is 115 cm³/mol. The molecule has 0 atom stereocenters. The molecule has 1 aromatic heterocycles. The van der Waals surface area contributed by atoms with Crippen molar-refractivity contribution < 1.29 is 22.4 Å². The molecule has 0 N–H and O–H groups in total. The lowest BCUT2D eigenvalue weighted by atomic mass is 9.98. The standard InChI is InChI=1S/C22H25N3O5S/c1-3-29-19-10-9-17(15-20(19)28-2)21-23-22(30-24-21)16-11-13-25(14-12-16)31(26,27)18-7-5-4-6-8-18/h4-10,15-16H,3,11-14H2,1-2H3. The van der Waals surface area contributed by atoms with Crippen molar-refractivity contribution in [3.8, 4) is 22.9 Å². The fourth-order valence-corrected chi connectivity index (χ4v) is 5.18. The maximum absolute atomic E-state index is 12.8. The molecule has 31 heavy (non-hydrogen) atoms. The third kappa shape index (κ3) is 4.42. The second-order valence-electron chi connectivity index (χ2n) is 7.25. The van der Waals surface area contributed by atoms with Crippen LogP contribution in [0, 0.1) is 0 Å². The van der Waals surface area contributed by atoms with Gasteiger partial charge in [-0.25, -0.2) is 8.42 Å². The van der Waals surface area contributed by atoms with E-state index in [1.165, 1.54) is 4.31 Å². The van der Waals surface area contributed by atoms with Crippen LogP contribution in [0.1, 0.15) is 31.6 Å². The van der Waals surface area contributed by atoms with Gasteiger partial charge in [-0.1, -0.05) is 23.4 Å². The van der Waals surface area contributed by atoms with Crippen LogP contribution in [0.15, 0.2) is 57.9 Å². The van der Waals surface area contributed by atoms with Crippen LogP contribution < -0.4 is 9.47 Å². The maximum Gasteiger partial charge on any atom is 0.243 e. The average molecular weight is 444 g/mol. The minimum atomic E-state index is -3.48. The molecule has 8 nitrogen and oxygen atoms in total. The fourth-order valence-electron chi connectivity index (χ4n) is 3.68. The maximum atomic E-state index is 12.8. The molecule has 164 valence electrons. The van der Waals surface area contributed by atoms with Crippen LogP contribution in [0.2, 0.25) is 0 Å². The molecule has 0 unspecified atom stereocenters. The first kappa shape index (κ1) is 21.3. The Labute approximate surface area is 181 Å². The summed E-state index contributed by atoms with van der Waals surface area (Å²) in [6.07, 6.45) is 1.25. The Balaban J connectivity index is 1.45. The molecular formula is C22H25N3O5S. The number of methoxy groups -OCH3 is 1. The van der Waals surface area contributed by atoms with Crippen LogP contribution in [0.3, 0.4) is 0 Å². The molecule has 1 aliphatic rings. The van der Waals surface area contributed by atoms with Crippen LogP contribution >= 0.6 is 0 Å². The van der Waals surface area contributed by atoms with Crippen molar-refractivity contribution in [3.63, 3.8) is 0 Å². The van der Waals surface area contributed by atoms with Gasteiger partial charge in [-0.15, -0.1) is 0 Å². The summed E-state index contributed by atoms with van der Waals surface area (Å²) in [7, 11) is -1.90. The lowest BCUT2D eigenvalue weighted by Crippen LogP contribution is -2.37. The summed E-state index contributed by atoms with van der Waals surface area (Å²) in [5.41, 5.74) is 0.763. The number of hydrogen-bond donors (Lipinski definition) is 0. The van der Waals surface area contributed by atoms with Gasteiger partial charge in [-0.05, 0) is 50.1 Å². The van der Waals surface area contributed by atoms with Crippen LogP contribution in [0.5, 0.6) is 11.5 Å². The van der Waals surface area contributed by atoms with Crippen LogP contribution in [0.4, 0.5) is 0 Å². The zero-order valence-electron chi connectivity index (χ0n) is 17.5. The van der Waals surface area contributed by atoms with Crippen LogP contribution in [-0.4, -0.2) is 49.7 Å². The zero-order chi connectivity index (χ0) is 21.8. The van der Waals surface area contributed by atoms with Gasteiger partial charge in [0.05, 0.1) is 18.6 Å². The van der Waals surface area contributed by atoms with Gasteiger partial charge in [-0.2, -0.15) is 9.29 Å². The van der Waals surface area contributed by atoms with Crippen molar-refractivity contribution in [3.05, 3.63) is 54.4 Å². The number of sulfonamides is 1. The quantitative estimate of drug-likeness (QED) is 0.549. The smallest absolute Gasteiger partial charge is 0.243 e. The molecule has 0 aliphatic carbocycles. The first-order chi connectivity index (χ1) is 15.0. The minimum absolute atomic E-state index is 0.0214. The van der Waals surface area contributed by atoms with Crippen molar-refractivity contribution in [2.75, 3.05) is 26.8 Å². The number of hydrogen-bond acceptors (Lipinski definition) is 7. The van der Waals surface area contributed by atoms with Gasteiger partial charge in [0.2, 0.25) is 21.7 Å². The summed E-state index contributed by atoms with van der Waals surface area (Å²) in [5, 5.41) is 4.11. The summed E-state index contributed by atoms with van der Waals surface area (Å²) >= 11 is 0. The van der Waals surface area contributed by atoms with E-state index >= 15 is 0 Å². The second-order valence-corrected chi connectivity index (χ2v) is 9.18. The molecule has 0 spiro atoms. The van der Waals surface area contributed by atoms with Crippen molar-refractivity contribution in [1.29, 1.82) is 0 Å². The van der Waals surface area contributed by atoms with E-state index in [2.05, 4.69) is 10.1 Å². The Hall–Kier alpha value is -2.91. The number of aromatic nitrogens is 2. The van der Waals surface area contributed by atoms with Crippen molar-refractivity contribution in [2.45, 2.75) is 30.6 Å². The molecule has 2 aromatic carbocycles. The van der Waals surface area contributed by atoms with Gasteiger partial charge >= 0.3 is 0 Å². The molecule has 0 radical (unpaired) electrons. The second kappa shape index (κ2) is 9.07. The highest BCUT2D eigenvalue weighted by atomic mass is 32.2. The van der Waals surface area contributed by atoms with E-state index in [1.807, 2.05) is 25.1 Å². The molecule has 0 amide bonds. The van der Waals surface area contributed by atoms with E-state index in [4.69, 9.17) is 14.0 Å². The Kier molecular flexibility index (Phi) is 6.24. The molecule has 2 heterocycles. The number of piperidine rings is 1. The van der Waals surface area contributed by atoms with Gasteiger partial charge in [0.15, 0.2) is 11.5 Å². The van der Waals surface area contributed by atoms with Gasteiger partial charge in [0.1, 0.15) is 0 Å². The number of nitrogens with zero attached hydrogens (tertiary/aromatic N) is 3. The Morgan fingerprint density at radius 2 is 1.84 bits per heavy atom. The average Bonchev–Trinajstić information content (AvgIpc) is 3.30. The number of ether oxygens (including phenoxy) is 2. The minimum Gasteiger partial charge on any atom is -0.493 e. The monoisotopic (exact) mass is 443 g/mol. The van der Waals surface area contributed by atoms with Crippen molar-refractivity contribution in [1.82, 2.24) is 14.4 Å². The van der Waals surface area contributed by atoms with E-state index < -0.39 is 10.0 Å². The first-order valence-corrected chi connectivity index (χ1v) is 11.7. The molecule has 0 saturated carbocycles. The Bertz CT molecular complexity index is 1120. The van der Waals surface area contributed by atoms with Crippen LogP contribution in [0.25, 0.3) is 11.4 Å². The number of benzene rings is 2. The summed E-state index contributed by atoms with van der Waals surface area (Å²) in [6.45, 7) is 3.28. The first-order valence-electron chi connectivity index (χ1n) is 10.2. The van der Waals surface area contributed by atoms with Gasteiger partial charge in [0, 0.05) is 24.6 Å². The lowest BCUT2D eigenvalue weighted by Gasteiger charge is -2.29. The SMILES string of the molecule is CCOc1ccc(-c2noc(C3CCN(S(=O)(=O)c4ccccc4)CC3)n2)cc1OC. The largest absolute Gasteiger partial charge is 0.493 e. The Morgan fingerprint density at radius 1 is 1.10 bits per heavy atom. The van der Waals surface area contributed by atoms with E-state index in [-0.39, 0.29) is 5.92 Å². The highest BCUT2D eigenvalue weighted by molar-refractivity contribution is 7.89. The van der Waals surface area contributed by atoms with E-state index in [9.17, 15) is 8.42 Å². The van der Waals surface area contributed by atoms with E-state index in [0.717, 1.165) is 5.56 Å². The highest BCUT2D eigenvalue weighted by Crippen LogP contribution is 2.34. The molecule has 9 heteroatoms. The van der Waals surface area contributed by atoms with Gasteiger partial charge in [0.25, 0.3) is 0 Å². The summed E-state index contributed by atoms with van der Waals surface area (Å²) < 4.78 is 43.6. The van der Waals surface area contributed by atoms with E-state index in [0.29, 0.717) is 60.6 Å². The zero-order valence-corrected chi connectivity index (χ0v) is 18.3.